The summed E-state index contributed by atoms with van der Waals surface area (Å²) in [7, 11) is 0. The predicted molar refractivity (Wildman–Crippen MR) is 94.0 cm³/mol. The smallest absolute Gasteiger partial charge is 0.407 e. The Morgan fingerprint density at radius 2 is 2.08 bits per heavy atom. The first kappa shape index (κ1) is 18.2. The topological polar surface area (TPSA) is 82.0 Å². The average Bonchev–Trinajstić information content (AvgIpc) is 3.41. The summed E-state index contributed by atoms with van der Waals surface area (Å²) in [6.45, 7) is 2.23. The number of carbonyl (C=O) groups is 1. The van der Waals surface area contributed by atoms with E-state index < -0.39 is 6.09 Å². The lowest BCUT2D eigenvalue weighted by molar-refractivity contribution is -0.0201. The molecule has 3 N–H and O–H groups in total. The molecule has 1 aliphatic carbocycles. The first-order valence-corrected chi connectivity index (χ1v) is 9.10. The Morgan fingerprint density at radius 1 is 1.32 bits per heavy atom. The van der Waals surface area contributed by atoms with Crippen molar-refractivity contribution in [1.29, 1.82) is 0 Å². The van der Waals surface area contributed by atoms with Gasteiger partial charge in [-0.25, -0.2) is 4.79 Å². The van der Waals surface area contributed by atoms with E-state index in [-0.39, 0.29) is 30.8 Å². The minimum absolute atomic E-state index is 0.0282. The molecule has 1 heterocycles. The fourth-order valence-corrected chi connectivity index (χ4v) is 3.62. The zero-order chi connectivity index (χ0) is 17.7. The summed E-state index contributed by atoms with van der Waals surface area (Å²) in [4.78, 5) is 13.9. The molecular weight excluding hydrogens is 320 g/mol. The second kappa shape index (κ2) is 8.17. The van der Waals surface area contributed by atoms with E-state index in [1.54, 1.807) is 0 Å². The van der Waals surface area contributed by atoms with Crippen molar-refractivity contribution >= 4 is 6.09 Å². The zero-order valence-electron chi connectivity index (χ0n) is 14.6. The van der Waals surface area contributed by atoms with Crippen molar-refractivity contribution in [2.45, 2.75) is 44.4 Å². The maximum atomic E-state index is 11.8. The third kappa shape index (κ3) is 4.71. The highest BCUT2D eigenvalue weighted by atomic mass is 16.5. The maximum absolute atomic E-state index is 11.8. The Bertz CT molecular complexity index is 562. The Kier molecular flexibility index (Phi) is 5.93. The highest BCUT2D eigenvalue weighted by Gasteiger charge is 2.51. The quantitative estimate of drug-likeness (QED) is 0.696. The number of nitrogens with zero attached hydrogens (tertiary/aromatic N) is 1. The number of carbonyl (C=O) groups excluding carboxylic acids is 1. The number of alkyl carbamates (subject to hydrolysis) is 1. The summed E-state index contributed by atoms with van der Waals surface area (Å²) in [6.07, 6.45) is 3.14. The van der Waals surface area contributed by atoms with E-state index in [4.69, 9.17) is 4.74 Å². The normalized spacial score (nSPS) is 23.2. The average molecular weight is 348 g/mol. The van der Waals surface area contributed by atoms with Crippen LogP contribution in [0.25, 0.3) is 0 Å². The van der Waals surface area contributed by atoms with E-state index in [1.807, 2.05) is 30.3 Å². The van der Waals surface area contributed by atoms with Crippen LogP contribution in [0.5, 0.6) is 0 Å². The number of rotatable bonds is 7. The van der Waals surface area contributed by atoms with Gasteiger partial charge in [-0.05, 0) is 43.2 Å². The maximum Gasteiger partial charge on any atom is 0.407 e. The highest BCUT2D eigenvalue weighted by Crippen LogP contribution is 2.53. The Labute approximate surface area is 148 Å². The van der Waals surface area contributed by atoms with Gasteiger partial charge in [0.2, 0.25) is 0 Å². The molecule has 3 rings (SSSR count). The van der Waals surface area contributed by atoms with Gasteiger partial charge in [0.05, 0.1) is 12.7 Å². The van der Waals surface area contributed by atoms with Crippen molar-refractivity contribution in [3.63, 3.8) is 0 Å². The lowest BCUT2D eigenvalue weighted by atomic mass is 9.89. The number of aliphatic hydroxyl groups excluding tert-OH is 2. The third-order valence-electron chi connectivity index (χ3n) is 5.59. The number of amides is 1. The summed E-state index contributed by atoms with van der Waals surface area (Å²) in [5, 5.41) is 22.7. The van der Waals surface area contributed by atoms with Crippen LogP contribution in [0.3, 0.4) is 0 Å². The molecule has 1 spiro atoms. The van der Waals surface area contributed by atoms with Gasteiger partial charge in [-0.3, -0.25) is 4.90 Å². The monoisotopic (exact) mass is 348 g/mol. The highest BCUT2D eigenvalue weighted by molar-refractivity contribution is 5.67. The molecule has 6 nitrogen and oxygen atoms in total. The lowest BCUT2D eigenvalue weighted by Gasteiger charge is -2.40. The van der Waals surface area contributed by atoms with Gasteiger partial charge in [0, 0.05) is 19.1 Å². The zero-order valence-corrected chi connectivity index (χ0v) is 14.6. The summed E-state index contributed by atoms with van der Waals surface area (Å²) in [5.74, 6) is 0. The molecule has 0 radical (unpaired) electrons. The van der Waals surface area contributed by atoms with Gasteiger partial charge in [0.1, 0.15) is 6.61 Å². The van der Waals surface area contributed by atoms with Crippen LogP contribution in [-0.4, -0.2) is 59.6 Å². The molecule has 1 saturated carbocycles. The summed E-state index contributed by atoms with van der Waals surface area (Å²) in [6, 6.07) is 9.50. The van der Waals surface area contributed by atoms with Gasteiger partial charge in [0.25, 0.3) is 0 Å². The standard InChI is InChI=1S/C19H28N2O4/c22-13-16(21-11-9-19(7-8-19)17(23)12-21)6-10-20-18(24)25-14-15-4-2-1-3-5-15/h1-5,16-17,22-23H,6-14H2,(H,20,24)/t16-,17+/m0/s1. The molecule has 25 heavy (non-hydrogen) atoms. The minimum atomic E-state index is -0.448. The molecule has 1 amide bonds. The summed E-state index contributed by atoms with van der Waals surface area (Å²) < 4.78 is 5.18. The van der Waals surface area contributed by atoms with E-state index in [0.717, 1.165) is 31.4 Å². The molecule has 6 heteroatoms. The van der Waals surface area contributed by atoms with Crippen LogP contribution in [0.1, 0.15) is 31.2 Å². The summed E-state index contributed by atoms with van der Waals surface area (Å²) in [5.41, 5.74) is 1.11. The number of ether oxygens (including phenoxy) is 1. The Morgan fingerprint density at radius 3 is 2.72 bits per heavy atom. The predicted octanol–water partition coefficient (Wildman–Crippen LogP) is 1.51. The molecule has 0 bridgehead atoms. The molecule has 2 atom stereocenters. The van der Waals surface area contributed by atoms with E-state index in [9.17, 15) is 15.0 Å². The number of hydrogen-bond donors (Lipinski definition) is 3. The van der Waals surface area contributed by atoms with E-state index in [0.29, 0.717) is 19.5 Å². The molecular formula is C19H28N2O4. The molecule has 1 saturated heterocycles. The van der Waals surface area contributed by atoms with Crippen LogP contribution in [0.15, 0.2) is 30.3 Å². The van der Waals surface area contributed by atoms with Crippen LogP contribution < -0.4 is 5.32 Å². The van der Waals surface area contributed by atoms with E-state index >= 15 is 0 Å². The van der Waals surface area contributed by atoms with Crippen LogP contribution in [0.4, 0.5) is 4.79 Å². The number of hydrogen-bond acceptors (Lipinski definition) is 5. The number of nitrogens with one attached hydrogen (secondary N) is 1. The van der Waals surface area contributed by atoms with Crippen molar-refractivity contribution < 1.29 is 19.7 Å². The van der Waals surface area contributed by atoms with Crippen molar-refractivity contribution in [1.82, 2.24) is 10.2 Å². The fraction of sp³-hybridized carbons (Fsp3) is 0.632. The first-order chi connectivity index (χ1) is 12.1. The molecule has 0 unspecified atom stereocenters. The van der Waals surface area contributed by atoms with Gasteiger partial charge >= 0.3 is 6.09 Å². The van der Waals surface area contributed by atoms with Gasteiger partial charge in [0.15, 0.2) is 0 Å². The van der Waals surface area contributed by atoms with Gasteiger partial charge in [-0.2, -0.15) is 0 Å². The van der Waals surface area contributed by atoms with Crippen molar-refractivity contribution in [2.75, 3.05) is 26.2 Å². The molecule has 2 fully saturated rings. The van der Waals surface area contributed by atoms with Gasteiger partial charge in [-0.1, -0.05) is 30.3 Å². The summed E-state index contributed by atoms with van der Waals surface area (Å²) >= 11 is 0. The minimum Gasteiger partial charge on any atom is -0.445 e. The number of likely N-dealkylation sites (tertiary alicyclic amines) is 1. The molecule has 1 aromatic rings. The van der Waals surface area contributed by atoms with Crippen LogP contribution in [0, 0.1) is 5.41 Å². The number of piperidine rings is 1. The van der Waals surface area contributed by atoms with Crippen molar-refractivity contribution in [2.24, 2.45) is 5.41 Å². The number of benzene rings is 1. The van der Waals surface area contributed by atoms with Crippen LogP contribution in [-0.2, 0) is 11.3 Å². The lowest BCUT2D eigenvalue weighted by Crippen LogP contribution is -2.51. The Hall–Kier alpha value is -1.63. The van der Waals surface area contributed by atoms with Crippen molar-refractivity contribution in [3.8, 4) is 0 Å². The number of aliphatic hydroxyl groups is 2. The number of β-amino-alcohol motifs (C(OH)–C–C–N with tert-alkyl or cyclic N) is 1. The van der Waals surface area contributed by atoms with Crippen LogP contribution >= 0.6 is 0 Å². The molecule has 2 aliphatic rings. The van der Waals surface area contributed by atoms with Gasteiger partial charge in [-0.15, -0.1) is 0 Å². The third-order valence-corrected chi connectivity index (χ3v) is 5.59. The van der Waals surface area contributed by atoms with Gasteiger partial charge < -0.3 is 20.3 Å². The Balaban J connectivity index is 1.36. The molecule has 138 valence electrons. The molecule has 1 aliphatic heterocycles. The van der Waals surface area contributed by atoms with Crippen LogP contribution in [0.2, 0.25) is 0 Å². The van der Waals surface area contributed by atoms with Crippen molar-refractivity contribution in [3.05, 3.63) is 35.9 Å². The molecule has 1 aromatic carbocycles. The SMILES string of the molecule is O=C(NCC[C@@H](CO)N1CCC2(CC2)[C@H](O)C1)OCc1ccccc1. The second-order valence-electron chi connectivity index (χ2n) is 7.24. The first-order valence-electron chi connectivity index (χ1n) is 9.10. The van der Waals surface area contributed by atoms with E-state index in [1.165, 1.54) is 0 Å². The largest absolute Gasteiger partial charge is 0.445 e. The fourth-order valence-electron chi connectivity index (χ4n) is 3.62. The second-order valence-corrected chi connectivity index (χ2v) is 7.24. The molecule has 0 aromatic heterocycles. The van der Waals surface area contributed by atoms with E-state index in [2.05, 4.69) is 10.2 Å².